The summed E-state index contributed by atoms with van der Waals surface area (Å²) >= 11 is 3.42. The number of aromatic carboxylic acids is 1. The molecule has 126 valence electrons. The molecule has 5 nitrogen and oxygen atoms in total. The van der Waals surface area contributed by atoms with Crippen molar-refractivity contribution in [2.75, 3.05) is 0 Å². The van der Waals surface area contributed by atoms with E-state index in [1.165, 1.54) is 6.07 Å². The molecule has 2 N–H and O–H groups in total. The van der Waals surface area contributed by atoms with Gasteiger partial charge in [0, 0.05) is 4.47 Å². The van der Waals surface area contributed by atoms with Crippen LogP contribution in [0, 0.1) is 0 Å². The number of hydrogen-bond acceptors (Lipinski definition) is 3. The molecule has 24 heavy (non-hydrogen) atoms. The minimum absolute atomic E-state index is 0.0319. The van der Waals surface area contributed by atoms with Crippen molar-refractivity contribution >= 4 is 27.8 Å². The molecule has 1 heterocycles. The fourth-order valence-corrected chi connectivity index (χ4v) is 3.58. The zero-order chi connectivity index (χ0) is 17.2. The molecule has 1 fully saturated rings. The third kappa shape index (κ3) is 3.24. The molecule has 1 aromatic carbocycles. The number of rotatable bonds is 5. The van der Waals surface area contributed by atoms with E-state index < -0.39 is 11.4 Å². The summed E-state index contributed by atoms with van der Waals surface area (Å²) in [5.41, 5.74) is 0.509. The van der Waals surface area contributed by atoms with Crippen LogP contribution >= 0.6 is 15.9 Å². The number of nitrogens with one attached hydrogen (secondary N) is 1. The van der Waals surface area contributed by atoms with E-state index in [1.807, 2.05) is 24.3 Å². The highest BCUT2D eigenvalue weighted by atomic mass is 79.9. The fraction of sp³-hybridized carbons (Fsp3) is 0.333. The zero-order valence-corrected chi connectivity index (χ0v) is 14.6. The largest absolute Gasteiger partial charge is 0.475 e. The molecule has 0 radical (unpaired) electrons. The van der Waals surface area contributed by atoms with Crippen LogP contribution < -0.4 is 5.32 Å². The van der Waals surface area contributed by atoms with Crippen LogP contribution in [0.1, 0.15) is 47.6 Å². The van der Waals surface area contributed by atoms with Crippen LogP contribution in [0.4, 0.5) is 0 Å². The van der Waals surface area contributed by atoms with Crippen LogP contribution in [0.3, 0.4) is 0 Å². The minimum atomic E-state index is -1.12. The monoisotopic (exact) mass is 391 g/mol. The van der Waals surface area contributed by atoms with Gasteiger partial charge in [-0.3, -0.25) is 4.79 Å². The first-order valence-corrected chi connectivity index (χ1v) is 8.67. The molecule has 0 unspecified atom stereocenters. The number of hydrogen-bond donors (Lipinski definition) is 2. The molecule has 2 aromatic rings. The van der Waals surface area contributed by atoms with Crippen molar-refractivity contribution in [1.82, 2.24) is 5.32 Å². The maximum atomic E-state index is 12.9. The normalized spacial score (nSPS) is 16.0. The summed E-state index contributed by atoms with van der Waals surface area (Å²) in [5.74, 6) is -0.835. The van der Waals surface area contributed by atoms with Gasteiger partial charge in [0.2, 0.25) is 11.7 Å². The first-order chi connectivity index (χ1) is 11.5. The molecule has 0 saturated heterocycles. The van der Waals surface area contributed by atoms with Gasteiger partial charge in [-0.25, -0.2) is 4.79 Å². The molecule has 1 aliphatic carbocycles. The average molecular weight is 392 g/mol. The van der Waals surface area contributed by atoms with Gasteiger partial charge in [0.1, 0.15) is 5.76 Å². The third-order valence-electron chi connectivity index (χ3n) is 4.58. The zero-order valence-electron chi connectivity index (χ0n) is 13.0. The predicted molar refractivity (Wildman–Crippen MR) is 91.8 cm³/mol. The first-order valence-electron chi connectivity index (χ1n) is 7.88. The number of amides is 1. The van der Waals surface area contributed by atoms with Crippen molar-refractivity contribution in [3.8, 4) is 0 Å². The van der Waals surface area contributed by atoms with Gasteiger partial charge in [0.15, 0.2) is 0 Å². The van der Waals surface area contributed by atoms with Gasteiger partial charge >= 0.3 is 5.97 Å². The van der Waals surface area contributed by atoms with Crippen molar-refractivity contribution in [2.24, 2.45) is 0 Å². The van der Waals surface area contributed by atoms with Crippen LogP contribution in [0.15, 0.2) is 45.3 Å². The van der Waals surface area contributed by atoms with Gasteiger partial charge in [-0.2, -0.15) is 0 Å². The summed E-state index contributed by atoms with van der Waals surface area (Å²) in [5, 5.41) is 11.8. The molecule has 0 atom stereocenters. The molecule has 1 amide bonds. The van der Waals surface area contributed by atoms with Crippen LogP contribution in [-0.4, -0.2) is 17.0 Å². The lowest BCUT2D eigenvalue weighted by molar-refractivity contribution is -0.126. The fourth-order valence-electron chi connectivity index (χ4n) is 3.32. The van der Waals surface area contributed by atoms with E-state index >= 15 is 0 Å². The maximum absolute atomic E-state index is 12.9. The summed E-state index contributed by atoms with van der Waals surface area (Å²) in [6, 6.07) is 10.9. The quantitative estimate of drug-likeness (QED) is 0.810. The van der Waals surface area contributed by atoms with E-state index in [0.29, 0.717) is 5.76 Å². The molecule has 6 heteroatoms. The van der Waals surface area contributed by atoms with Gasteiger partial charge in [0.25, 0.3) is 0 Å². The molecule has 3 rings (SSSR count). The Hall–Kier alpha value is -2.08. The molecule has 0 bridgehead atoms. The highest BCUT2D eigenvalue weighted by molar-refractivity contribution is 9.10. The minimum Gasteiger partial charge on any atom is -0.475 e. The number of carboxylic acids is 1. The molecular weight excluding hydrogens is 374 g/mol. The Balaban J connectivity index is 1.75. The van der Waals surface area contributed by atoms with Crippen LogP contribution in [0.2, 0.25) is 0 Å². The maximum Gasteiger partial charge on any atom is 0.371 e. The number of carboxylic acid groups (broad SMARTS) is 1. The predicted octanol–water partition coefficient (Wildman–Crippen LogP) is 3.87. The number of benzene rings is 1. The standard InChI is InChI=1S/C18H18BrNO4/c19-13-5-3-12(4-6-13)18(9-1-2-10-18)17(23)20-11-14-7-8-15(24-14)16(21)22/h3-8H,1-2,9-11H2,(H,20,23)(H,21,22). The lowest BCUT2D eigenvalue weighted by atomic mass is 9.78. The summed E-state index contributed by atoms with van der Waals surface area (Å²) in [4.78, 5) is 23.7. The Morgan fingerprint density at radius 2 is 1.79 bits per heavy atom. The number of carbonyl (C=O) groups excluding carboxylic acids is 1. The Morgan fingerprint density at radius 3 is 2.38 bits per heavy atom. The Bertz CT molecular complexity index is 745. The topological polar surface area (TPSA) is 79.5 Å². The van der Waals surface area contributed by atoms with Crippen LogP contribution in [-0.2, 0) is 16.8 Å². The van der Waals surface area contributed by atoms with E-state index in [4.69, 9.17) is 9.52 Å². The van der Waals surface area contributed by atoms with Crippen LogP contribution in [0.5, 0.6) is 0 Å². The smallest absolute Gasteiger partial charge is 0.371 e. The lowest BCUT2D eigenvalue weighted by Crippen LogP contribution is -2.42. The SMILES string of the molecule is O=C(O)c1ccc(CNC(=O)C2(c3ccc(Br)cc3)CCCC2)o1. The van der Waals surface area contributed by atoms with Gasteiger partial charge in [-0.15, -0.1) is 0 Å². The lowest BCUT2D eigenvalue weighted by Gasteiger charge is -2.28. The molecule has 1 aromatic heterocycles. The summed E-state index contributed by atoms with van der Waals surface area (Å²) < 4.78 is 6.17. The highest BCUT2D eigenvalue weighted by Gasteiger charge is 2.42. The molecule has 1 saturated carbocycles. The van der Waals surface area contributed by atoms with E-state index in [0.717, 1.165) is 35.7 Å². The van der Waals surface area contributed by atoms with E-state index in [1.54, 1.807) is 6.07 Å². The molecular formula is C18H18BrNO4. The van der Waals surface area contributed by atoms with Crippen molar-refractivity contribution < 1.29 is 19.1 Å². The van der Waals surface area contributed by atoms with Crippen molar-refractivity contribution in [1.29, 1.82) is 0 Å². The Morgan fingerprint density at radius 1 is 1.12 bits per heavy atom. The molecule has 0 aliphatic heterocycles. The Kier molecular flexibility index (Phi) is 4.76. The molecule has 1 aliphatic rings. The summed E-state index contributed by atoms with van der Waals surface area (Å²) in [6.07, 6.45) is 3.68. The highest BCUT2D eigenvalue weighted by Crippen LogP contribution is 2.41. The van der Waals surface area contributed by atoms with Crippen molar-refractivity contribution in [3.05, 3.63) is 58.0 Å². The second-order valence-corrected chi connectivity index (χ2v) is 6.97. The van der Waals surface area contributed by atoms with E-state index in [2.05, 4.69) is 21.2 Å². The number of furan rings is 1. The van der Waals surface area contributed by atoms with Crippen molar-refractivity contribution in [2.45, 2.75) is 37.6 Å². The second-order valence-electron chi connectivity index (χ2n) is 6.05. The average Bonchev–Trinajstić information content (AvgIpc) is 3.23. The first kappa shape index (κ1) is 16.8. The summed E-state index contributed by atoms with van der Waals surface area (Å²) in [7, 11) is 0. The van der Waals surface area contributed by atoms with E-state index in [9.17, 15) is 9.59 Å². The van der Waals surface area contributed by atoms with Crippen molar-refractivity contribution in [3.63, 3.8) is 0 Å². The second kappa shape index (κ2) is 6.81. The van der Waals surface area contributed by atoms with Gasteiger partial charge < -0.3 is 14.8 Å². The summed E-state index contributed by atoms with van der Waals surface area (Å²) in [6.45, 7) is 0.185. The van der Waals surface area contributed by atoms with E-state index in [-0.39, 0.29) is 18.2 Å². The van der Waals surface area contributed by atoms with Crippen LogP contribution in [0.25, 0.3) is 0 Å². The van der Waals surface area contributed by atoms with Gasteiger partial charge in [-0.05, 0) is 42.7 Å². The van der Waals surface area contributed by atoms with Gasteiger partial charge in [-0.1, -0.05) is 40.9 Å². The van der Waals surface area contributed by atoms with Gasteiger partial charge in [0.05, 0.1) is 12.0 Å². The number of halogens is 1. The molecule has 0 spiro atoms. The third-order valence-corrected chi connectivity index (χ3v) is 5.11. The Labute approximate surface area is 148 Å². The number of carbonyl (C=O) groups is 2.